The van der Waals surface area contributed by atoms with Gasteiger partial charge in [0, 0.05) is 60.7 Å². The molecule has 3 aromatic rings. The lowest BCUT2D eigenvalue weighted by Gasteiger charge is -2.31. The maximum atomic E-state index is 12.4. The number of benzene rings is 1. The molecular formula is C21H19ClN2O6S. The predicted octanol–water partition coefficient (Wildman–Crippen LogP) is 3.99. The summed E-state index contributed by atoms with van der Waals surface area (Å²) in [6, 6.07) is 4.64. The molecule has 2 aromatic heterocycles. The topological polar surface area (TPSA) is 99.9 Å². The molecule has 0 spiro atoms. The number of hydrogen-bond donors (Lipinski definition) is 1. The number of ether oxygens (including phenoxy) is 3. The van der Waals surface area contributed by atoms with Crippen LogP contribution in [0.5, 0.6) is 11.5 Å². The molecule has 10 heteroatoms. The van der Waals surface area contributed by atoms with Gasteiger partial charge in [0.05, 0.1) is 17.3 Å². The number of rotatable bonds is 7. The van der Waals surface area contributed by atoms with E-state index < -0.39 is 17.6 Å². The van der Waals surface area contributed by atoms with Crippen molar-refractivity contribution in [2.24, 2.45) is 0 Å². The fourth-order valence-corrected chi connectivity index (χ4v) is 4.18. The number of aryl methyl sites for hydroxylation is 1. The predicted molar refractivity (Wildman–Crippen MR) is 116 cm³/mol. The van der Waals surface area contributed by atoms with Crippen LogP contribution in [-0.4, -0.2) is 40.3 Å². The largest absolute Gasteiger partial charge is 0.492 e. The van der Waals surface area contributed by atoms with Crippen molar-refractivity contribution in [3.8, 4) is 22.8 Å². The Morgan fingerprint density at radius 2 is 2.16 bits per heavy atom. The zero-order valence-corrected chi connectivity index (χ0v) is 18.3. The third kappa shape index (κ3) is 4.04. The van der Waals surface area contributed by atoms with Gasteiger partial charge in [-0.15, -0.1) is 0 Å². The first kappa shape index (κ1) is 21.4. The summed E-state index contributed by atoms with van der Waals surface area (Å²) in [6.45, 7) is 2.88. The number of aromatic nitrogens is 2. The van der Waals surface area contributed by atoms with Crippen molar-refractivity contribution in [1.29, 1.82) is 0 Å². The van der Waals surface area contributed by atoms with Gasteiger partial charge in [-0.2, -0.15) is 0 Å². The van der Waals surface area contributed by atoms with E-state index in [-0.39, 0.29) is 5.56 Å². The smallest absolute Gasteiger partial charge is 0.341 e. The molecule has 1 aliphatic heterocycles. The maximum Gasteiger partial charge on any atom is 0.341 e. The zero-order valence-electron chi connectivity index (χ0n) is 16.8. The average Bonchev–Trinajstić information content (AvgIpc) is 3.16. The Labute approximate surface area is 186 Å². The van der Waals surface area contributed by atoms with Crippen molar-refractivity contribution in [2.45, 2.75) is 19.6 Å². The quantitative estimate of drug-likeness (QED) is 0.530. The molecule has 1 N–H and O–H groups in total. The minimum Gasteiger partial charge on any atom is -0.492 e. The fourth-order valence-electron chi connectivity index (χ4n) is 3.38. The Kier molecular flexibility index (Phi) is 5.99. The SMILES string of the molecule is COCCCOc1cc2c(cc1Cl)-c1cc(=O)c(C(=O)O)cn1C(c1cnsc1C)O2. The number of aromatic carboxylic acids is 1. The Morgan fingerprint density at radius 1 is 1.35 bits per heavy atom. The Bertz CT molecular complexity index is 1210. The van der Waals surface area contributed by atoms with Gasteiger partial charge < -0.3 is 23.9 Å². The van der Waals surface area contributed by atoms with Crippen LogP contribution >= 0.6 is 23.1 Å². The Balaban J connectivity index is 1.84. The summed E-state index contributed by atoms with van der Waals surface area (Å²) in [6.07, 6.45) is 2.98. The normalized spacial score (nSPS) is 14.5. The average molecular weight is 463 g/mol. The van der Waals surface area contributed by atoms with Gasteiger partial charge in [0.25, 0.3) is 0 Å². The van der Waals surface area contributed by atoms with E-state index in [1.54, 1.807) is 30.0 Å². The van der Waals surface area contributed by atoms with Gasteiger partial charge in [0.15, 0.2) is 5.43 Å². The highest BCUT2D eigenvalue weighted by atomic mass is 35.5. The van der Waals surface area contributed by atoms with Gasteiger partial charge in [-0.05, 0) is 24.5 Å². The highest BCUT2D eigenvalue weighted by Crippen LogP contribution is 2.45. The van der Waals surface area contributed by atoms with Crippen molar-refractivity contribution in [2.75, 3.05) is 20.3 Å². The van der Waals surface area contributed by atoms with Gasteiger partial charge in [-0.3, -0.25) is 4.79 Å². The summed E-state index contributed by atoms with van der Waals surface area (Å²) < 4.78 is 22.9. The molecule has 0 fully saturated rings. The molecule has 1 aliphatic rings. The molecule has 1 atom stereocenters. The zero-order chi connectivity index (χ0) is 22.1. The fraction of sp³-hybridized carbons (Fsp3) is 0.286. The number of hydrogen-bond acceptors (Lipinski definition) is 7. The second kappa shape index (κ2) is 8.70. The second-order valence-corrected chi connectivity index (χ2v) is 8.34. The van der Waals surface area contributed by atoms with E-state index in [9.17, 15) is 14.7 Å². The number of carboxylic acids is 1. The molecule has 0 aliphatic carbocycles. The molecule has 0 saturated carbocycles. The maximum absolute atomic E-state index is 12.4. The number of fused-ring (bicyclic) bond motifs is 3. The molecule has 1 aromatic carbocycles. The van der Waals surface area contributed by atoms with Crippen LogP contribution in [-0.2, 0) is 4.74 Å². The first-order valence-electron chi connectivity index (χ1n) is 9.43. The van der Waals surface area contributed by atoms with Crippen LogP contribution in [0.3, 0.4) is 0 Å². The van der Waals surface area contributed by atoms with Gasteiger partial charge in [-0.1, -0.05) is 11.6 Å². The highest BCUT2D eigenvalue weighted by molar-refractivity contribution is 7.05. The molecule has 1 unspecified atom stereocenters. The molecular weight excluding hydrogens is 444 g/mol. The molecule has 0 radical (unpaired) electrons. The third-order valence-electron chi connectivity index (χ3n) is 4.92. The highest BCUT2D eigenvalue weighted by Gasteiger charge is 2.31. The van der Waals surface area contributed by atoms with Crippen molar-refractivity contribution < 1.29 is 24.1 Å². The van der Waals surface area contributed by atoms with E-state index in [0.717, 1.165) is 10.4 Å². The van der Waals surface area contributed by atoms with Gasteiger partial charge in [0.2, 0.25) is 6.23 Å². The third-order valence-corrected chi connectivity index (χ3v) is 5.93. The van der Waals surface area contributed by atoms with Crippen LogP contribution < -0.4 is 14.9 Å². The number of methoxy groups -OCH3 is 1. The monoisotopic (exact) mass is 462 g/mol. The van der Waals surface area contributed by atoms with E-state index >= 15 is 0 Å². The molecule has 162 valence electrons. The molecule has 3 heterocycles. The minimum atomic E-state index is -1.30. The van der Waals surface area contributed by atoms with E-state index in [1.807, 2.05) is 6.92 Å². The number of pyridine rings is 1. The standard InChI is InChI=1S/C21H19ClN2O6S/c1-11-13(9-23-31-11)20-24-10-14(21(26)27)17(25)7-16(24)12-6-15(22)19(8-18(12)30-20)29-5-3-4-28-2/h6-10,20H,3-5H2,1-2H3,(H,26,27). The summed E-state index contributed by atoms with van der Waals surface area (Å²) in [5.41, 5.74) is 0.904. The Hall–Kier alpha value is -2.88. The second-order valence-electron chi connectivity index (χ2n) is 6.93. The van der Waals surface area contributed by atoms with Crippen LogP contribution in [0, 0.1) is 6.92 Å². The Morgan fingerprint density at radius 3 is 2.84 bits per heavy atom. The molecule has 0 bridgehead atoms. The van der Waals surface area contributed by atoms with Crippen LogP contribution in [0.25, 0.3) is 11.3 Å². The van der Waals surface area contributed by atoms with Gasteiger partial charge in [0.1, 0.15) is 17.1 Å². The molecule has 0 amide bonds. The lowest BCUT2D eigenvalue weighted by atomic mass is 10.0. The van der Waals surface area contributed by atoms with Crippen molar-refractivity contribution >= 4 is 29.1 Å². The minimum absolute atomic E-state index is 0.342. The summed E-state index contributed by atoms with van der Waals surface area (Å²) in [4.78, 5) is 24.9. The number of nitrogens with zero attached hydrogens (tertiary/aromatic N) is 2. The lowest BCUT2D eigenvalue weighted by molar-refractivity contribution is 0.0693. The first-order valence-corrected chi connectivity index (χ1v) is 10.6. The van der Waals surface area contributed by atoms with Crippen LogP contribution in [0.4, 0.5) is 0 Å². The van der Waals surface area contributed by atoms with E-state index in [1.165, 1.54) is 23.8 Å². The number of carboxylic acid groups (broad SMARTS) is 1. The van der Waals surface area contributed by atoms with Crippen LogP contribution in [0.1, 0.15) is 33.4 Å². The summed E-state index contributed by atoms with van der Waals surface area (Å²) in [5, 5.41) is 9.78. The summed E-state index contributed by atoms with van der Waals surface area (Å²) in [5.74, 6) is -0.375. The van der Waals surface area contributed by atoms with Gasteiger partial charge >= 0.3 is 5.97 Å². The number of carbonyl (C=O) groups is 1. The molecule has 31 heavy (non-hydrogen) atoms. The molecule has 4 rings (SSSR count). The van der Waals surface area contributed by atoms with Crippen LogP contribution in [0.15, 0.2) is 35.4 Å². The van der Waals surface area contributed by atoms with Gasteiger partial charge in [-0.25, -0.2) is 9.17 Å². The lowest BCUT2D eigenvalue weighted by Crippen LogP contribution is -2.27. The van der Waals surface area contributed by atoms with E-state index in [2.05, 4.69) is 4.37 Å². The van der Waals surface area contributed by atoms with E-state index in [0.29, 0.717) is 47.4 Å². The molecule has 8 nitrogen and oxygen atoms in total. The number of halogens is 1. The molecule has 0 saturated heterocycles. The summed E-state index contributed by atoms with van der Waals surface area (Å²) in [7, 11) is 1.62. The van der Waals surface area contributed by atoms with Crippen molar-refractivity contribution in [1.82, 2.24) is 8.94 Å². The summed E-state index contributed by atoms with van der Waals surface area (Å²) >= 11 is 7.73. The van der Waals surface area contributed by atoms with Crippen molar-refractivity contribution in [3.63, 3.8) is 0 Å². The van der Waals surface area contributed by atoms with Crippen LogP contribution in [0.2, 0.25) is 5.02 Å². The first-order chi connectivity index (χ1) is 14.9. The van der Waals surface area contributed by atoms with E-state index in [4.69, 9.17) is 25.8 Å². The van der Waals surface area contributed by atoms with Crippen molar-refractivity contribution in [3.05, 3.63) is 61.8 Å².